The largest absolute Gasteiger partial charge is 0.380 e. The van der Waals surface area contributed by atoms with Crippen LogP contribution in [0.5, 0.6) is 0 Å². The minimum atomic E-state index is 0.719. The van der Waals surface area contributed by atoms with Crippen molar-refractivity contribution in [2.75, 3.05) is 26.5 Å². The van der Waals surface area contributed by atoms with E-state index in [2.05, 4.69) is 23.0 Å². The van der Waals surface area contributed by atoms with Crippen molar-refractivity contribution >= 4 is 11.9 Å². The molecule has 0 spiro atoms. The highest BCUT2D eigenvalue weighted by Crippen LogP contribution is 2.20. The molecule has 1 N–H and O–H groups in total. The average Bonchev–Trinajstić information content (AvgIpc) is 2.21. The number of allylic oxidation sites excluding steroid dienone is 2. The van der Waals surface area contributed by atoms with Crippen molar-refractivity contribution in [3.8, 4) is 0 Å². The number of methoxy groups -OCH3 is 1. The van der Waals surface area contributed by atoms with Gasteiger partial charge in [-0.25, -0.2) is 0 Å². The molecule has 0 aromatic carbocycles. The van der Waals surface area contributed by atoms with Gasteiger partial charge in [0.15, 0.2) is 0 Å². The van der Waals surface area contributed by atoms with Gasteiger partial charge in [0.2, 0.25) is 0 Å². The normalized spacial score (nSPS) is 21.0. The van der Waals surface area contributed by atoms with Crippen LogP contribution >= 0.6 is 11.9 Å². The summed E-state index contributed by atoms with van der Waals surface area (Å²) in [6.45, 7) is 0.745. The molecular weight excluding hydrogens is 194 g/mol. The molecule has 14 heavy (non-hydrogen) atoms. The molecule has 0 unspecified atom stereocenters. The molecule has 0 saturated carbocycles. The fourth-order valence-electron chi connectivity index (χ4n) is 1.51. The van der Waals surface area contributed by atoms with Gasteiger partial charge < -0.3 is 4.74 Å². The summed E-state index contributed by atoms with van der Waals surface area (Å²) in [5.41, 5.74) is 1.31. The second-order valence-electron chi connectivity index (χ2n) is 3.41. The number of rotatable bonds is 6. The summed E-state index contributed by atoms with van der Waals surface area (Å²) in [6.07, 6.45) is 9.21. The summed E-state index contributed by atoms with van der Waals surface area (Å²) in [5, 5.41) is 0. The zero-order valence-corrected chi connectivity index (χ0v) is 9.77. The molecule has 0 heterocycles. The Hall–Kier alpha value is -0.250. The molecule has 2 nitrogen and oxygen atoms in total. The molecule has 0 saturated heterocycles. The molecule has 0 aromatic rings. The highest BCUT2D eigenvalue weighted by atomic mass is 32.2. The van der Waals surface area contributed by atoms with Crippen molar-refractivity contribution in [1.29, 1.82) is 0 Å². The van der Waals surface area contributed by atoms with Gasteiger partial charge in [0, 0.05) is 12.9 Å². The van der Waals surface area contributed by atoms with E-state index in [9.17, 15) is 0 Å². The monoisotopic (exact) mass is 213 g/mol. The lowest BCUT2D eigenvalue weighted by Gasteiger charge is -2.15. The van der Waals surface area contributed by atoms with Crippen LogP contribution in [0.2, 0.25) is 0 Å². The first-order valence-electron chi connectivity index (χ1n) is 5.01. The lowest BCUT2D eigenvalue weighted by Crippen LogP contribution is -2.05. The van der Waals surface area contributed by atoms with Crippen LogP contribution in [-0.2, 0) is 4.74 Å². The van der Waals surface area contributed by atoms with Crippen LogP contribution in [0.15, 0.2) is 23.8 Å². The van der Waals surface area contributed by atoms with E-state index < -0.39 is 0 Å². The second-order valence-corrected chi connectivity index (χ2v) is 4.51. The molecule has 0 aromatic heterocycles. The van der Waals surface area contributed by atoms with Gasteiger partial charge in [0.05, 0.1) is 6.61 Å². The smallest absolute Gasteiger partial charge is 0.0709 e. The van der Waals surface area contributed by atoms with Crippen molar-refractivity contribution in [3.05, 3.63) is 23.8 Å². The number of nitrogens with one attached hydrogen (secondary N) is 1. The Morgan fingerprint density at radius 2 is 2.50 bits per heavy atom. The Kier molecular flexibility index (Phi) is 5.99. The van der Waals surface area contributed by atoms with Gasteiger partial charge in [-0.15, -0.1) is 0 Å². The molecule has 0 radical (unpaired) electrons. The Balaban J connectivity index is 2.19. The SMILES string of the molecule is CNSCC[C@H]1C=CC(COC)=CC1. The first-order valence-corrected chi connectivity index (χ1v) is 6.00. The summed E-state index contributed by atoms with van der Waals surface area (Å²) in [5.74, 6) is 1.90. The summed E-state index contributed by atoms with van der Waals surface area (Å²) >= 11 is 1.78. The molecular formula is C11H19NOS. The van der Waals surface area contributed by atoms with Gasteiger partial charge in [-0.05, 0) is 31.4 Å². The Labute approximate surface area is 90.9 Å². The Morgan fingerprint density at radius 1 is 1.64 bits per heavy atom. The maximum absolute atomic E-state index is 5.08. The van der Waals surface area contributed by atoms with E-state index in [1.165, 1.54) is 24.2 Å². The van der Waals surface area contributed by atoms with Gasteiger partial charge in [0.25, 0.3) is 0 Å². The number of hydrogen-bond donors (Lipinski definition) is 1. The van der Waals surface area contributed by atoms with Crippen LogP contribution in [0.1, 0.15) is 12.8 Å². The van der Waals surface area contributed by atoms with E-state index in [0.29, 0.717) is 0 Å². The minimum Gasteiger partial charge on any atom is -0.380 e. The van der Waals surface area contributed by atoms with Gasteiger partial charge in [-0.3, -0.25) is 4.72 Å². The average molecular weight is 213 g/mol. The second kappa shape index (κ2) is 7.10. The lowest BCUT2D eigenvalue weighted by atomic mass is 9.95. The molecule has 1 aliphatic carbocycles. The van der Waals surface area contributed by atoms with Crippen LogP contribution in [-0.4, -0.2) is 26.5 Å². The molecule has 0 bridgehead atoms. The topological polar surface area (TPSA) is 21.3 Å². The molecule has 1 atom stereocenters. The summed E-state index contributed by atoms with van der Waals surface area (Å²) in [7, 11) is 3.71. The molecule has 1 rings (SSSR count). The zero-order chi connectivity index (χ0) is 10.2. The maximum atomic E-state index is 5.08. The third-order valence-corrected chi connectivity index (χ3v) is 3.04. The van der Waals surface area contributed by atoms with Crippen LogP contribution in [0, 0.1) is 5.92 Å². The van der Waals surface area contributed by atoms with E-state index in [1.54, 1.807) is 19.1 Å². The van der Waals surface area contributed by atoms with E-state index in [-0.39, 0.29) is 0 Å². The Morgan fingerprint density at radius 3 is 3.07 bits per heavy atom. The quantitative estimate of drug-likeness (QED) is 0.541. The number of ether oxygens (including phenoxy) is 1. The predicted molar refractivity (Wildman–Crippen MR) is 63.3 cm³/mol. The van der Waals surface area contributed by atoms with E-state index >= 15 is 0 Å². The highest BCUT2D eigenvalue weighted by molar-refractivity contribution is 7.97. The Bertz CT molecular complexity index is 213. The molecule has 0 amide bonds. The van der Waals surface area contributed by atoms with Crippen LogP contribution < -0.4 is 4.72 Å². The first-order chi connectivity index (χ1) is 6.86. The summed E-state index contributed by atoms with van der Waals surface area (Å²) < 4.78 is 8.17. The third-order valence-electron chi connectivity index (χ3n) is 2.31. The van der Waals surface area contributed by atoms with Gasteiger partial charge in [-0.2, -0.15) is 0 Å². The van der Waals surface area contributed by atoms with Gasteiger partial charge >= 0.3 is 0 Å². The van der Waals surface area contributed by atoms with Gasteiger partial charge in [0.1, 0.15) is 0 Å². The van der Waals surface area contributed by atoms with Crippen molar-refractivity contribution in [2.45, 2.75) is 12.8 Å². The molecule has 1 aliphatic rings. The van der Waals surface area contributed by atoms with Gasteiger partial charge in [-0.1, -0.05) is 30.2 Å². The fourth-order valence-corrected chi connectivity index (χ4v) is 2.13. The maximum Gasteiger partial charge on any atom is 0.0709 e. The molecule has 0 aliphatic heterocycles. The van der Waals surface area contributed by atoms with Crippen LogP contribution in [0.25, 0.3) is 0 Å². The van der Waals surface area contributed by atoms with E-state index in [4.69, 9.17) is 4.74 Å². The van der Waals surface area contributed by atoms with Crippen molar-refractivity contribution in [2.24, 2.45) is 5.92 Å². The molecule has 80 valence electrons. The van der Waals surface area contributed by atoms with Crippen molar-refractivity contribution < 1.29 is 4.74 Å². The summed E-state index contributed by atoms with van der Waals surface area (Å²) in [6, 6.07) is 0. The number of hydrogen-bond acceptors (Lipinski definition) is 3. The lowest BCUT2D eigenvalue weighted by molar-refractivity contribution is 0.227. The highest BCUT2D eigenvalue weighted by Gasteiger charge is 2.07. The minimum absolute atomic E-state index is 0.719. The van der Waals surface area contributed by atoms with Crippen molar-refractivity contribution in [3.63, 3.8) is 0 Å². The molecule has 3 heteroatoms. The zero-order valence-electron chi connectivity index (χ0n) is 8.95. The van der Waals surface area contributed by atoms with E-state index in [0.717, 1.165) is 12.5 Å². The van der Waals surface area contributed by atoms with E-state index in [1.807, 2.05) is 7.05 Å². The predicted octanol–water partition coefficient (Wildman–Crippen LogP) is 2.39. The van der Waals surface area contributed by atoms with Crippen LogP contribution in [0.4, 0.5) is 0 Å². The van der Waals surface area contributed by atoms with Crippen molar-refractivity contribution in [1.82, 2.24) is 4.72 Å². The summed E-state index contributed by atoms with van der Waals surface area (Å²) in [4.78, 5) is 0. The third kappa shape index (κ3) is 4.31. The first kappa shape index (κ1) is 11.8. The standard InChI is InChI=1S/C11H19NOS/c1-12-14-8-7-10-3-5-11(6-4-10)9-13-2/h3,5-6,10,12H,4,7-9H2,1-2H3/t10-/m0/s1. The van der Waals surface area contributed by atoms with Crippen LogP contribution in [0.3, 0.4) is 0 Å². The molecule has 0 fully saturated rings. The fraction of sp³-hybridized carbons (Fsp3) is 0.636.